The van der Waals surface area contributed by atoms with E-state index < -0.39 is 0 Å². The molecule has 70 heavy (non-hydrogen) atoms. The predicted octanol–water partition coefficient (Wildman–Crippen LogP) is 17.8. The first kappa shape index (κ1) is 61.4. The SMILES string of the molecule is CCCCCCCCCCCCCCNC(=O)CC[C@@H](C)[C@H]1CC[C@H]2[C@@H]3[C@H](O)C(CC)[C@@H]4C[C@H](OC(=O)CCCN(CCCCCCCCCC)CCCCCCCCCC)CC[C@]4(C)[C@H]3CC[C@]12C. The van der Waals surface area contributed by atoms with Crippen LogP contribution in [0.2, 0.25) is 0 Å². The summed E-state index contributed by atoms with van der Waals surface area (Å²) >= 11 is 0. The number of unbranched alkanes of at least 4 members (excludes halogenated alkanes) is 25. The molecule has 4 aliphatic carbocycles. The highest BCUT2D eigenvalue weighted by atomic mass is 16.5. The molecular weight excluding hydrogens is 861 g/mol. The van der Waals surface area contributed by atoms with Crippen molar-refractivity contribution in [1.82, 2.24) is 10.2 Å². The van der Waals surface area contributed by atoms with Gasteiger partial charge in [-0.25, -0.2) is 0 Å². The molecule has 11 atom stereocenters. The molecular formula is C64H120N2O4. The fourth-order valence-corrected chi connectivity index (χ4v) is 15.8. The minimum absolute atomic E-state index is 0.00612. The summed E-state index contributed by atoms with van der Waals surface area (Å²) in [4.78, 5) is 29.2. The minimum Gasteiger partial charge on any atom is -0.462 e. The summed E-state index contributed by atoms with van der Waals surface area (Å²) in [5.41, 5.74) is 0.425. The minimum atomic E-state index is -0.277. The first-order chi connectivity index (χ1) is 34.0. The first-order valence-electron chi connectivity index (χ1n) is 31.9. The van der Waals surface area contributed by atoms with Gasteiger partial charge in [0.25, 0.3) is 0 Å². The molecule has 0 spiro atoms. The summed E-state index contributed by atoms with van der Waals surface area (Å²) in [5, 5.41) is 15.8. The summed E-state index contributed by atoms with van der Waals surface area (Å²) in [5.74, 6) is 3.52. The van der Waals surface area contributed by atoms with Gasteiger partial charge in [0, 0.05) is 19.4 Å². The van der Waals surface area contributed by atoms with Crippen molar-refractivity contribution in [2.75, 3.05) is 26.2 Å². The van der Waals surface area contributed by atoms with Gasteiger partial charge in [-0.15, -0.1) is 0 Å². The molecule has 0 heterocycles. The van der Waals surface area contributed by atoms with Crippen LogP contribution in [0.15, 0.2) is 0 Å². The smallest absolute Gasteiger partial charge is 0.306 e. The van der Waals surface area contributed by atoms with Gasteiger partial charge in [0.2, 0.25) is 5.91 Å². The Kier molecular flexibility index (Phi) is 30.9. The summed E-state index contributed by atoms with van der Waals surface area (Å²) < 4.78 is 6.40. The quantitative estimate of drug-likeness (QED) is 0.0471. The standard InChI is InChI=1S/C64H120N2O4/c1-8-12-15-18-21-24-25-26-27-28-31-34-47-65-59(67)42-39-52(5)55-40-41-56-61-57(44-46-63(55,56)6)64(7)45-43-53(51-58(64)54(11-4)62(61)69)70-60(68)38-37-50-66(48-35-32-29-22-19-16-13-9-2)49-36-33-30-23-20-17-14-10-3/h52-58,61-62,69H,8-51H2,1-7H3,(H,65,67)/t52-,53-,54?,55-,56+,57+,58+,61+,62-,63-,64-/m1/s1. The zero-order valence-corrected chi connectivity index (χ0v) is 47.9. The number of hydrogen-bond donors (Lipinski definition) is 2. The molecule has 0 aromatic rings. The Hall–Kier alpha value is -1.14. The first-order valence-corrected chi connectivity index (χ1v) is 31.9. The van der Waals surface area contributed by atoms with Gasteiger partial charge in [-0.05, 0) is 149 Å². The Balaban J connectivity index is 1.19. The largest absolute Gasteiger partial charge is 0.462 e. The van der Waals surface area contributed by atoms with Gasteiger partial charge in [0.05, 0.1) is 6.10 Å². The molecule has 410 valence electrons. The van der Waals surface area contributed by atoms with E-state index in [-0.39, 0.29) is 40.8 Å². The zero-order valence-electron chi connectivity index (χ0n) is 47.9. The van der Waals surface area contributed by atoms with E-state index in [1.807, 2.05) is 0 Å². The van der Waals surface area contributed by atoms with Crippen LogP contribution >= 0.6 is 0 Å². The highest BCUT2D eigenvalue weighted by Crippen LogP contribution is 2.69. The topological polar surface area (TPSA) is 78.9 Å². The van der Waals surface area contributed by atoms with Crippen LogP contribution < -0.4 is 5.32 Å². The number of rotatable bonds is 41. The molecule has 6 heteroatoms. The van der Waals surface area contributed by atoms with Gasteiger partial charge < -0.3 is 20.1 Å². The maximum absolute atomic E-state index is 13.5. The van der Waals surface area contributed by atoms with Crippen LogP contribution in [0.3, 0.4) is 0 Å². The van der Waals surface area contributed by atoms with Crippen LogP contribution in [0.1, 0.15) is 305 Å². The molecule has 4 rings (SSSR count). The number of hydrogen-bond acceptors (Lipinski definition) is 5. The van der Waals surface area contributed by atoms with Crippen LogP contribution in [0, 0.1) is 52.3 Å². The van der Waals surface area contributed by atoms with E-state index in [4.69, 9.17) is 4.74 Å². The van der Waals surface area contributed by atoms with Gasteiger partial charge >= 0.3 is 5.97 Å². The molecule has 0 bridgehead atoms. The summed E-state index contributed by atoms with van der Waals surface area (Å²) in [6, 6.07) is 0. The highest BCUT2D eigenvalue weighted by Gasteiger charge is 2.65. The lowest BCUT2D eigenvalue weighted by molar-refractivity contribution is -0.207. The van der Waals surface area contributed by atoms with E-state index in [2.05, 4.69) is 58.7 Å². The van der Waals surface area contributed by atoms with Crippen molar-refractivity contribution in [3.63, 3.8) is 0 Å². The molecule has 4 fully saturated rings. The zero-order chi connectivity index (χ0) is 50.5. The second-order valence-corrected chi connectivity index (χ2v) is 25.2. The number of fused-ring (bicyclic) bond motifs is 5. The van der Waals surface area contributed by atoms with Crippen LogP contribution in [0.4, 0.5) is 0 Å². The fraction of sp³-hybridized carbons (Fsp3) is 0.969. The predicted molar refractivity (Wildman–Crippen MR) is 299 cm³/mol. The summed E-state index contributed by atoms with van der Waals surface area (Å²) in [6.45, 7) is 21.0. The van der Waals surface area contributed by atoms with Crippen molar-refractivity contribution < 1.29 is 19.4 Å². The van der Waals surface area contributed by atoms with E-state index in [1.165, 1.54) is 212 Å². The van der Waals surface area contributed by atoms with E-state index in [0.29, 0.717) is 48.3 Å². The lowest BCUT2D eigenvalue weighted by Crippen LogP contribution is -2.62. The van der Waals surface area contributed by atoms with Crippen molar-refractivity contribution in [2.45, 2.75) is 318 Å². The van der Waals surface area contributed by atoms with Gasteiger partial charge in [-0.3, -0.25) is 9.59 Å². The Morgan fingerprint density at radius 1 is 0.571 bits per heavy atom. The molecule has 1 amide bonds. The number of aliphatic hydroxyl groups is 1. The maximum atomic E-state index is 13.5. The third-order valence-corrected chi connectivity index (χ3v) is 20.1. The normalized spacial score (nSPS) is 28.9. The monoisotopic (exact) mass is 981 g/mol. The van der Waals surface area contributed by atoms with Gasteiger partial charge in [0.15, 0.2) is 0 Å². The number of amides is 1. The fourth-order valence-electron chi connectivity index (χ4n) is 15.8. The van der Waals surface area contributed by atoms with Crippen molar-refractivity contribution in [3.8, 4) is 0 Å². The van der Waals surface area contributed by atoms with Crippen LogP contribution in [-0.2, 0) is 14.3 Å². The molecule has 6 nitrogen and oxygen atoms in total. The third kappa shape index (κ3) is 20.2. The van der Waals surface area contributed by atoms with E-state index in [1.54, 1.807) is 0 Å². The van der Waals surface area contributed by atoms with Crippen molar-refractivity contribution in [1.29, 1.82) is 0 Å². The van der Waals surface area contributed by atoms with Crippen molar-refractivity contribution in [2.24, 2.45) is 52.3 Å². The third-order valence-electron chi connectivity index (χ3n) is 20.1. The van der Waals surface area contributed by atoms with Crippen LogP contribution in [0.5, 0.6) is 0 Å². The van der Waals surface area contributed by atoms with Gasteiger partial charge in [-0.1, -0.05) is 215 Å². The van der Waals surface area contributed by atoms with E-state index >= 15 is 0 Å². The Morgan fingerprint density at radius 2 is 1.04 bits per heavy atom. The average Bonchev–Trinajstić information content (AvgIpc) is 3.71. The number of aliphatic hydroxyl groups excluding tert-OH is 1. The van der Waals surface area contributed by atoms with E-state index in [0.717, 1.165) is 58.0 Å². The second-order valence-electron chi connectivity index (χ2n) is 25.2. The molecule has 0 aliphatic heterocycles. The molecule has 2 N–H and O–H groups in total. The van der Waals surface area contributed by atoms with Crippen LogP contribution in [-0.4, -0.2) is 60.3 Å². The molecule has 0 radical (unpaired) electrons. The number of esters is 1. The number of nitrogens with zero attached hydrogens (tertiary/aromatic N) is 1. The Morgan fingerprint density at radius 3 is 1.57 bits per heavy atom. The number of nitrogens with one attached hydrogen (secondary N) is 1. The van der Waals surface area contributed by atoms with Crippen molar-refractivity contribution >= 4 is 11.9 Å². The van der Waals surface area contributed by atoms with E-state index in [9.17, 15) is 14.7 Å². The Bertz CT molecular complexity index is 1340. The number of carbonyl (C=O) groups is 2. The summed E-state index contributed by atoms with van der Waals surface area (Å²) in [7, 11) is 0. The van der Waals surface area contributed by atoms with Crippen LogP contribution in [0.25, 0.3) is 0 Å². The highest BCUT2D eigenvalue weighted by molar-refractivity contribution is 5.75. The molecule has 4 aliphatic rings. The average molecular weight is 982 g/mol. The molecule has 4 saturated carbocycles. The Labute approximate surface area is 435 Å². The van der Waals surface area contributed by atoms with Crippen molar-refractivity contribution in [3.05, 3.63) is 0 Å². The number of carbonyl (C=O) groups excluding carboxylic acids is 2. The van der Waals surface area contributed by atoms with Gasteiger partial charge in [0.1, 0.15) is 6.10 Å². The lowest BCUT2D eigenvalue weighted by atomic mass is 9.41. The maximum Gasteiger partial charge on any atom is 0.306 e. The second kappa shape index (κ2) is 35.2. The number of ether oxygens (including phenoxy) is 1. The summed E-state index contributed by atoms with van der Waals surface area (Å²) in [6.07, 6.45) is 49.5. The lowest BCUT2D eigenvalue weighted by Gasteiger charge is -2.65. The molecule has 1 unspecified atom stereocenters. The van der Waals surface area contributed by atoms with Gasteiger partial charge in [-0.2, -0.15) is 0 Å². The molecule has 0 aromatic heterocycles. The molecule has 0 aromatic carbocycles. The molecule has 0 saturated heterocycles.